The van der Waals surface area contributed by atoms with E-state index in [2.05, 4.69) is 42.9 Å². The van der Waals surface area contributed by atoms with Crippen molar-refractivity contribution in [1.29, 1.82) is 0 Å². The summed E-state index contributed by atoms with van der Waals surface area (Å²) in [5.41, 5.74) is 0.372. The Balaban J connectivity index is 1.71. The second kappa shape index (κ2) is 8.50. The Hall–Kier alpha value is -1.10. The lowest BCUT2D eigenvalue weighted by molar-refractivity contribution is 0.0752. The number of rotatable bonds is 3. The molecule has 2 aliphatic carbocycles. The minimum atomic E-state index is 0.0723. The van der Waals surface area contributed by atoms with E-state index in [0.717, 1.165) is 47.5 Å². The number of amides is 2. The van der Waals surface area contributed by atoms with E-state index in [1.165, 1.54) is 25.7 Å². The summed E-state index contributed by atoms with van der Waals surface area (Å²) in [7, 11) is 0. The molecule has 0 atom stereocenters. The average molecular weight is 392 g/mol. The number of thiazole rings is 1. The van der Waals surface area contributed by atoms with Crippen LogP contribution in [0.5, 0.6) is 0 Å². The smallest absolute Gasteiger partial charge is 0.319 e. The summed E-state index contributed by atoms with van der Waals surface area (Å²) in [6.07, 6.45) is 11.3. The third-order valence-electron chi connectivity index (χ3n) is 6.76. The molecule has 1 N–H and O–H groups in total. The predicted molar refractivity (Wildman–Crippen MR) is 114 cm³/mol. The van der Waals surface area contributed by atoms with Crippen LogP contribution in [0.25, 0.3) is 0 Å². The molecular formula is C22H37N3OS. The highest BCUT2D eigenvalue weighted by atomic mass is 32.1. The van der Waals surface area contributed by atoms with Crippen molar-refractivity contribution in [2.75, 3.05) is 5.32 Å². The molecule has 152 valence electrons. The molecule has 27 heavy (non-hydrogen) atoms. The van der Waals surface area contributed by atoms with Crippen molar-refractivity contribution >= 4 is 22.5 Å². The lowest BCUT2D eigenvalue weighted by Crippen LogP contribution is -2.51. The van der Waals surface area contributed by atoms with E-state index in [1.807, 2.05) is 13.1 Å². The van der Waals surface area contributed by atoms with Gasteiger partial charge in [-0.1, -0.05) is 27.7 Å². The van der Waals surface area contributed by atoms with Crippen LogP contribution in [0, 0.1) is 24.2 Å². The molecule has 2 aliphatic rings. The molecule has 1 aromatic heterocycles. The van der Waals surface area contributed by atoms with Crippen LogP contribution in [-0.2, 0) is 0 Å². The van der Waals surface area contributed by atoms with Gasteiger partial charge in [-0.3, -0.25) is 5.32 Å². The summed E-state index contributed by atoms with van der Waals surface area (Å²) in [6.45, 7) is 11.4. The monoisotopic (exact) mass is 391 g/mol. The summed E-state index contributed by atoms with van der Waals surface area (Å²) in [6, 6.07) is 0.838. The van der Waals surface area contributed by atoms with Gasteiger partial charge < -0.3 is 4.90 Å². The highest BCUT2D eigenvalue weighted by Crippen LogP contribution is 2.40. The van der Waals surface area contributed by atoms with Crippen molar-refractivity contribution in [1.82, 2.24) is 9.88 Å². The maximum Gasteiger partial charge on any atom is 0.324 e. The van der Waals surface area contributed by atoms with Crippen molar-refractivity contribution in [2.45, 2.75) is 98.1 Å². The normalized spacial score (nSPS) is 29.4. The van der Waals surface area contributed by atoms with E-state index in [1.54, 1.807) is 11.3 Å². The molecule has 2 amide bonds. The minimum absolute atomic E-state index is 0.0723. The first kappa shape index (κ1) is 20.6. The molecule has 2 saturated carbocycles. The first-order valence-electron chi connectivity index (χ1n) is 10.8. The van der Waals surface area contributed by atoms with E-state index in [9.17, 15) is 4.79 Å². The summed E-state index contributed by atoms with van der Waals surface area (Å²) in [4.78, 5) is 21.0. The average Bonchev–Trinajstić information content (AvgIpc) is 3.01. The standard InChI is InChI=1S/C22H37N3OS/c1-15-6-10-18(11-7-15)25(21(26)24-20-23-14-16(2)27-20)19-12-8-17(9-13-19)22(3,4)5/h14-15,17-19H,6-13H2,1-5H3,(H,23,24,26). The van der Waals surface area contributed by atoms with Crippen LogP contribution in [0.3, 0.4) is 0 Å². The van der Waals surface area contributed by atoms with E-state index < -0.39 is 0 Å². The summed E-state index contributed by atoms with van der Waals surface area (Å²) in [5, 5.41) is 3.84. The molecule has 0 bridgehead atoms. The van der Waals surface area contributed by atoms with Crippen molar-refractivity contribution < 1.29 is 4.79 Å². The van der Waals surface area contributed by atoms with Crippen molar-refractivity contribution in [3.05, 3.63) is 11.1 Å². The molecule has 0 unspecified atom stereocenters. The van der Waals surface area contributed by atoms with Crippen LogP contribution in [0.2, 0.25) is 0 Å². The van der Waals surface area contributed by atoms with Gasteiger partial charge in [-0.15, -0.1) is 11.3 Å². The molecule has 0 aliphatic heterocycles. The summed E-state index contributed by atoms with van der Waals surface area (Å²) >= 11 is 1.56. The number of hydrogen-bond acceptors (Lipinski definition) is 3. The van der Waals surface area contributed by atoms with Crippen LogP contribution in [0.1, 0.15) is 83.9 Å². The molecule has 0 aromatic carbocycles. The van der Waals surface area contributed by atoms with Gasteiger partial charge in [0.15, 0.2) is 5.13 Å². The van der Waals surface area contributed by atoms with Gasteiger partial charge in [0, 0.05) is 23.2 Å². The van der Waals surface area contributed by atoms with Crippen LogP contribution < -0.4 is 5.32 Å². The van der Waals surface area contributed by atoms with E-state index >= 15 is 0 Å². The van der Waals surface area contributed by atoms with E-state index in [-0.39, 0.29) is 6.03 Å². The second-order valence-corrected chi connectivity index (χ2v) is 11.1. The molecule has 1 aromatic rings. The van der Waals surface area contributed by atoms with Crippen molar-refractivity contribution in [3.63, 3.8) is 0 Å². The van der Waals surface area contributed by atoms with E-state index in [4.69, 9.17) is 0 Å². The molecule has 0 spiro atoms. The van der Waals surface area contributed by atoms with Gasteiger partial charge in [0.1, 0.15) is 0 Å². The SMILES string of the molecule is Cc1cnc(NC(=O)N(C2CCC(C)CC2)C2CCC(C(C)(C)C)CC2)s1. The zero-order valence-electron chi connectivity index (χ0n) is 17.8. The van der Waals surface area contributed by atoms with Gasteiger partial charge >= 0.3 is 6.03 Å². The second-order valence-electron chi connectivity index (χ2n) is 9.90. The number of urea groups is 1. The Morgan fingerprint density at radius 1 is 1.07 bits per heavy atom. The third-order valence-corrected chi connectivity index (χ3v) is 7.59. The Labute approximate surface area is 169 Å². The van der Waals surface area contributed by atoms with Gasteiger partial charge in [-0.2, -0.15) is 0 Å². The highest BCUT2D eigenvalue weighted by Gasteiger charge is 2.37. The van der Waals surface area contributed by atoms with Crippen LogP contribution in [0.15, 0.2) is 6.20 Å². The number of anilines is 1. The minimum Gasteiger partial charge on any atom is -0.319 e. The highest BCUT2D eigenvalue weighted by molar-refractivity contribution is 7.15. The Kier molecular flexibility index (Phi) is 6.50. The predicted octanol–water partition coefficient (Wildman–Crippen LogP) is 6.47. The molecular weight excluding hydrogens is 354 g/mol. The number of hydrogen-bond donors (Lipinski definition) is 1. The van der Waals surface area contributed by atoms with Crippen LogP contribution >= 0.6 is 11.3 Å². The Bertz CT molecular complexity index is 620. The number of aromatic nitrogens is 1. The number of nitrogens with zero attached hydrogens (tertiary/aromatic N) is 2. The van der Waals surface area contributed by atoms with Crippen molar-refractivity contribution in [2.24, 2.45) is 17.3 Å². The van der Waals surface area contributed by atoms with Gasteiger partial charge in [0.2, 0.25) is 0 Å². The number of aryl methyl sites for hydroxylation is 1. The van der Waals surface area contributed by atoms with Crippen LogP contribution in [0.4, 0.5) is 9.93 Å². The first-order valence-corrected chi connectivity index (χ1v) is 11.6. The van der Waals surface area contributed by atoms with Crippen LogP contribution in [-0.4, -0.2) is 28.0 Å². The lowest BCUT2D eigenvalue weighted by atomic mass is 9.71. The van der Waals surface area contributed by atoms with Gasteiger partial charge in [0.25, 0.3) is 0 Å². The van der Waals surface area contributed by atoms with Gasteiger partial charge in [-0.25, -0.2) is 9.78 Å². The third kappa shape index (κ3) is 5.24. The molecule has 0 saturated heterocycles. The molecule has 3 rings (SSSR count). The quantitative estimate of drug-likeness (QED) is 0.642. The summed E-state index contributed by atoms with van der Waals surface area (Å²) in [5.74, 6) is 1.57. The van der Waals surface area contributed by atoms with Gasteiger partial charge in [-0.05, 0) is 75.5 Å². The number of nitrogens with one attached hydrogen (secondary N) is 1. The zero-order valence-corrected chi connectivity index (χ0v) is 18.6. The topological polar surface area (TPSA) is 45.2 Å². The summed E-state index contributed by atoms with van der Waals surface area (Å²) < 4.78 is 0. The fraction of sp³-hybridized carbons (Fsp3) is 0.818. The molecule has 5 heteroatoms. The molecule has 4 nitrogen and oxygen atoms in total. The number of carbonyl (C=O) groups is 1. The van der Waals surface area contributed by atoms with E-state index in [0.29, 0.717) is 17.5 Å². The fourth-order valence-electron chi connectivity index (χ4n) is 4.94. The Morgan fingerprint density at radius 3 is 2.11 bits per heavy atom. The first-order chi connectivity index (χ1) is 12.7. The van der Waals surface area contributed by atoms with Crippen molar-refractivity contribution in [3.8, 4) is 0 Å². The zero-order chi connectivity index (χ0) is 19.6. The Morgan fingerprint density at radius 2 is 1.63 bits per heavy atom. The molecule has 2 fully saturated rings. The number of carbonyl (C=O) groups excluding carboxylic acids is 1. The lowest BCUT2D eigenvalue weighted by Gasteiger charge is -2.45. The molecule has 1 heterocycles. The maximum atomic E-state index is 13.3. The molecule has 0 radical (unpaired) electrons. The fourth-order valence-corrected chi connectivity index (χ4v) is 5.59. The maximum absolute atomic E-state index is 13.3. The largest absolute Gasteiger partial charge is 0.324 e. The van der Waals surface area contributed by atoms with Gasteiger partial charge in [0.05, 0.1) is 0 Å².